The molecule has 1 saturated heterocycles. The summed E-state index contributed by atoms with van der Waals surface area (Å²) in [5, 5.41) is 7.13. The van der Waals surface area contributed by atoms with Crippen molar-refractivity contribution in [3.05, 3.63) is 11.7 Å². The average molecular weight is 259 g/mol. The van der Waals surface area contributed by atoms with Crippen LogP contribution in [0.4, 0.5) is 0 Å². The number of aryl methyl sites for hydroxylation is 1. The minimum absolute atomic E-state index is 0.298. The van der Waals surface area contributed by atoms with Crippen molar-refractivity contribution in [2.75, 3.05) is 18.1 Å². The van der Waals surface area contributed by atoms with Crippen molar-refractivity contribution < 1.29 is 12.9 Å². The number of hydrogen-bond acceptors (Lipinski definition) is 6. The Morgan fingerprint density at radius 2 is 2.12 bits per heavy atom. The van der Waals surface area contributed by atoms with E-state index in [1.165, 1.54) is 0 Å². The van der Waals surface area contributed by atoms with E-state index in [2.05, 4.69) is 15.5 Å². The van der Waals surface area contributed by atoms with Crippen molar-refractivity contribution >= 4 is 9.84 Å². The molecule has 0 saturated carbocycles. The van der Waals surface area contributed by atoms with Crippen molar-refractivity contribution in [1.82, 2.24) is 15.5 Å². The molecule has 0 amide bonds. The lowest BCUT2D eigenvalue weighted by molar-refractivity contribution is 0.385. The molecule has 1 aliphatic rings. The molecule has 1 aliphatic heterocycles. The Kier molecular flexibility index (Phi) is 3.78. The maximum atomic E-state index is 11.2. The first-order chi connectivity index (χ1) is 8.05. The Morgan fingerprint density at radius 3 is 2.71 bits per heavy atom. The van der Waals surface area contributed by atoms with Crippen LogP contribution in [0.15, 0.2) is 4.52 Å². The fraction of sp³-hybridized carbons (Fsp3) is 0.800. The molecule has 17 heavy (non-hydrogen) atoms. The lowest BCUT2D eigenvalue weighted by Crippen LogP contribution is -2.38. The summed E-state index contributed by atoms with van der Waals surface area (Å²) in [6.45, 7) is 2.51. The molecule has 0 atom stereocenters. The van der Waals surface area contributed by atoms with Gasteiger partial charge < -0.3 is 9.84 Å². The zero-order valence-corrected chi connectivity index (χ0v) is 10.7. The van der Waals surface area contributed by atoms with Gasteiger partial charge in [0.05, 0.1) is 11.5 Å². The van der Waals surface area contributed by atoms with E-state index in [-0.39, 0.29) is 0 Å². The van der Waals surface area contributed by atoms with Gasteiger partial charge in [-0.25, -0.2) is 8.42 Å². The van der Waals surface area contributed by atoms with E-state index < -0.39 is 9.84 Å². The number of aromatic nitrogens is 2. The van der Waals surface area contributed by atoms with Gasteiger partial charge in [-0.2, -0.15) is 4.98 Å². The van der Waals surface area contributed by atoms with Gasteiger partial charge in [0.1, 0.15) is 9.84 Å². The Morgan fingerprint density at radius 1 is 1.41 bits per heavy atom. The highest BCUT2D eigenvalue weighted by molar-refractivity contribution is 7.91. The first-order valence-electron chi connectivity index (χ1n) is 5.78. The molecule has 6 nitrogen and oxygen atoms in total. The monoisotopic (exact) mass is 259 g/mol. The van der Waals surface area contributed by atoms with E-state index in [1.807, 2.05) is 0 Å². The Hall–Kier alpha value is -0.950. The number of nitrogens with zero attached hydrogens (tertiary/aromatic N) is 2. The van der Waals surface area contributed by atoms with E-state index in [9.17, 15) is 8.42 Å². The number of hydrogen-bond donors (Lipinski definition) is 1. The third kappa shape index (κ3) is 3.78. The minimum atomic E-state index is -2.77. The molecule has 1 fully saturated rings. The summed E-state index contributed by atoms with van der Waals surface area (Å²) in [7, 11) is -2.77. The van der Waals surface area contributed by atoms with Gasteiger partial charge in [-0.3, -0.25) is 0 Å². The molecule has 0 spiro atoms. The normalized spacial score (nSPS) is 20.5. The van der Waals surface area contributed by atoms with Crippen molar-refractivity contribution in [3.8, 4) is 0 Å². The third-order valence-electron chi connectivity index (χ3n) is 2.91. The predicted molar refractivity (Wildman–Crippen MR) is 62.4 cm³/mol. The second-order valence-electron chi connectivity index (χ2n) is 4.36. The Labute approximate surface area is 101 Å². The van der Waals surface area contributed by atoms with Gasteiger partial charge in [-0.05, 0) is 12.8 Å². The molecule has 2 rings (SSSR count). The van der Waals surface area contributed by atoms with Crippen molar-refractivity contribution in [3.63, 3.8) is 0 Å². The summed E-state index contributed by atoms with van der Waals surface area (Å²) in [5.41, 5.74) is 0. The van der Waals surface area contributed by atoms with Gasteiger partial charge >= 0.3 is 0 Å². The van der Waals surface area contributed by atoms with Gasteiger partial charge in [-0.15, -0.1) is 0 Å². The molecule has 2 heterocycles. The van der Waals surface area contributed by atoms with Crippen LogP contribution in [0, 0.1) is 6.92 Å². The molecule has 0 unspecified atom stereocenters. The van der Waals surface area contributed by atoms with Crippen LogP contribution >= 0.6 is 0 Å². The van der Waals surface area contributed by atoms with Gasteiger partial charge in [0.25, 0.3) is 0 Å². The van der Waals surface area contributed by atoms with Gasteiger partial charge in [0.15, 0.2) is 5.82 Å². The van der Waals surface area contributed by atoms with Crippen molar-refractivity contribution in [2.24, 2.45) is 0 Å². The van der Waals surface area contributed by atoms with Crippen LogP contribution in [0.1, 0.15) is 24.6 Å². The SMILES string of the molecule is Cc1nc(CCNC2CCS(=O)(=O)CC2)no1. The fourth-order valence-corrected chi connectivity index (χ4v) is 3.42. The second kappa shape index (κ2) is 5.14. The van der Waals surface area contributed by atoms with Crippen LogP contribution in [0.5, 0.6) is 0 Å². The van der Waals surface area contributed by atoms with Crippen molar-refractivity contribution in [2.45, 2.75) is 32.2 Å². The summed E-state index contributed by atoms with van der Waals surface area (Å²) in [5.74, 6) is 1.86. The first kappa shape index (κ1) is 12.5. The second-order valence-corrected chi connectivity index (χ2v) is 6.66. The average Bonchev–Trinajstić information content (AvgIpc) is 2.67. The lowest BCUT2D eigenvalue weighted by Gasteiger charge is -2.22. The van der Waals surface area contributed by atoms with Crippen LogP contribution in [0.3, 0.4) is 0 Å². The number of sulfone groups is 1. The highest BCUT2D eigenvalue weighted by atomic mass is 32.2. The summed E-state index contributed by atoms with van der Waals surface area (Å²) < 4.78 is 27.3. The Balaban J connectivity index is 1.70. The fourth-order valence-electron chi connectivity index (χ4n) is 1.93. The topological polar surface area (TPSA) is 85.1 Å². The molecule has 1 aromatic rings. The summed E-state index contributed by atoms with van der Waals surface area (Å²) >= 11 is 0. The van der Waals surface area contributed by atoms with Gasteiger partial charge in [0, 0.05) is 25.9 Å². The lowest BCUT2D eigenvalue weighted by atomic mass is 10.1. The molecule has 7 heteroatoms. The van der Waals surface area contributed by atoms with E-state index in [0.29, 0.717) is 48.5 Å². The highest BCUT2D eigenvalue weighted by Gasteiger charge is 2.22. The van der Waals surface area contributed by atoms with E-state index >= 15 is 0 Å². The standard InChI is InChI=1S/C10H17N3O3S/c1-8-12-10(13-16-8)2-5-11-9-3-6-17(14,15)7-4-9/h9,11H,2-7H2,1H3. The molecule has 0 aliphatic carbocycles. The minimum Gasteiger partial charge on any atom is -0.340 e. The summed E-state index contributed by atoms with van der Waals surface area (Å²) in [4.78, 5) is 4.10. The molecule has 0 radical (unpaired) electrons. The smallest absolute Gasteiger partial charge is 0.223 e. The van der Waals surface area contributed by atoms with Crippen LogP contribution in [-0.4, -0.2) is 42.7 Å². The molecule has 1 N–H and O–H groups in total. The third-order valence-corrected chi connectivity index (χ3v) is 4.62. The predicted octanol–water partition coefficient (Wildman–Crippen LogP) is 0.0873. The summed E-state index contributed by atoms with van der Waals surface area (Å²) in [6, 6.07) is 0.298. The highest BCUT2D eigenvalue weighted by Crippen LogP contribution is 2.11. The molecular formula is C10H17N3O3S. The van der Waals surface area contributed by atoms with E-state index in [1.54, 1.807) is 6.92 Å². The first-order valence-corrected chi connectivity index (χ1v) is 7.60. The van der Waals surface area contributed by atoms with Gasteiger partial charge in [0.2, 0.25) is 5.89 Å². The zero-order valence-electron chi connectivity index (χ0n) is 9.85. The van der Waals surface area contributed by atoms with E-state index in [0.717, 1.165) is 6.54 Å². The number of nitrogens with one attached hydrogen (secondary N) is 1. The molecule has 1 aromatic heterocycles. The molecule has 0 aromatic carbocycles. The number of rotatable bonds is 4. The van der Waals surface area contributed by atoms with Crippen LogP contribution in [0.25, 0.3) is 0 Å². The molecule has 0 bridgehead atoms. The van der Waals surface area contributed by atoms with Crippen LogP contribution in [0.2, 0.25) is 0 Å². The molecular weight excluding hydrogens is 242 g/mol. The van der Waals surface area contributed by atoms with Gasteiger partial charge in [-0.1, -0.05) is 5.16 Å². The van der Waals surface area contributed by atoms with Crippen LogP contribution in [-0.2, 0) is 16.3 Å². The maximum Gasteiger partial charge on any atom is 0.223 e. The quantitative estimate of drug-likeness (QED) is 0.824. The zero-order chi connectivity index (χ0) is 12.3. The Bertz CT molecular complexity index is 455. The molecule has 96 valence electrons. The maximum absolute atomic E-state index is 11.2. The summed E-state index contributed by atoms with van der Waals surface area (Å²) in [6.07, 6.45) is 2.11. The largest absolute Gasteiger partial charge is 0.340 e. The van der Waals surface area contributed by atoms with Crippen LogP contribution < -0.4 is 5.32 Å². The van der Waals surface area contributed by atoms with Crippen molar-refractivity contribution in [1.29, 1.82) is 0 Å². The van der Waals surface area contributed by atoms with E-state index in [4.69, 9.17) is 4.52 Å².